The molecule has 2 aliphatic heterocycles. The molecule has 2 heterocycles. The summed E-state index contributed by atoms with van der Waals surface area (Å²) < 4.78 is 6.32. The molecule has 0 aliphatic carbocycles. The number of ether oxygens (including phenoxy) is 1. The molecule has 0 saturated heterocycles. The van der Waals surface area contributed by atoms with E-state index in [-0.39, 0.29) is 17.7 Å². The molecule has 0 fully saturated rings. The number of rotatable bonds is 8. The van der Waals surface area contributed by atoms with Gasteiger partial charge >= 0.3 is 0 Å². The molecule has 6 atom stereocenters. The lowest BCUT2D eigenvalue weighted by molar-refractivity contribution is -0.138. The van der Waals surface area contributed by atoms with Gasteiger partial charge in [0.1, 0.15) is 30.0 Å². The highest BCUT2D eigenvalue weighted by atomic mass is 16.5. The van der Waals surface area contributed by atoms with Crippen LogP contribution in [0.1, 0.15) is 51.3 Å². The van der Waals surface area contributed by atoms with Crippen LogP contribution < -0.4 is 20.7 Å². The first-order valence-electron chi connectivity index (χ1n) is 13.8. The maximum atomic E-state index is 14.0. The van der Waals surface area contributed by atoms with Gasteiger partial charge in [0, 0.05) is 6.20 Å². The number of carbonyl (C=O) groups is 3. The van der Waals surface area contributed by atoms with E-state index in [1.807, 2.05) is 58.8 Å². The highest BCUT2D eigenvalue weighted by Crippen LogP contribution is 2.23. The number of hydrogen-bond acceptors (Lipinski definition) is 6. The van der Waals surface area contributed by atoms with Crippen molar-refractivity contribution in [3.8, 4) is 5.75 Å². The molecule has 9 heteroatoms. The van der Waals surface area contributed by atoms with Crippen molar-refractivity contribution in [2.24, 2.45) is 11.8 Å². The van der Waals surface area contributed by atoms with Crippen LogP contribution >= 0.6 is 0 Å². The molecule has 2 aromatic carbocycles. The molecular weight excluding hydrogens is 508 g/mol. The average Bonchev–Trinajstić information content (AvgIpc) is 2.93. The van der Waals surface area contributed by atoms with E-state index in [9.17, 15) is 19.5 Å². The molecule has 40 heavy (non-hydrogen) atoms. The summed E-state index contributed by atoms with van der Waals surface area (Å²) in [7, 11) is 3.65. The third-order valence-corrected chi connectivity index (χ3v) is 7.26. The number of hydrogen-bond donors (Lipinski definition) is 4. The molecule has 2 aromatic rings. The number of nitrogens with one attached hydrogen (secondary N) is 3. The second kappa shape index (κ2) is 14.1. The number of likely N-dealkylation sites (N-methyl/N-ethyl adjacent to an activating group) is 1. The fraction of sp³-hybridized carbons (Fsp3) is 0.452. The summed E-state index contributed by atoms with van der Waals surface area (Å²) in [6.07, 6.45) is 1.83. The molecule has 0 saturated carbocycles. The van der Waals surface area contributed by atoms with Crippen molar-refractivity contribution in [3.63, 3.8) is 0 Å². The van der Waals surface area contributed by atoms with E-state index in [4.69, 9.17) is 4.74 Å². The van der Waals surface area contributed by atoms with Gasteiger partial charge in [-0.05, 0) is 55.3 Å². The summed E-state index contributed by atoms with van der Waals surface area (Å²) in [5, 5.41) is 19.5. The van der Waals surface area contributed by atoms with Crippen LogP contribution in [0.2, 0.25) is 0 Å². The highest BCUT2D eigenvalue weighted by Gasteiger charge is 2.40. The van der Waals surface area contributed by atoms with Gasteiger partial charge in [0.2, 0.25) is 17.7 Å². The molecule has 4 rings (SSSR count). The second-order valence-corrected chi connectivity index (χ2v) is 10.9. The maximum absolute atomic E-state index is 14.0. The zero-order valence-corrected chi connectivity index (χ0v) is 24.1. The standard InChI is InChI=1S/C31H42N4O5/c1-7-20(4)26(35(5)6)31(39)34-25-28(19(2)3)40-23-15-13-21(14-16-23)17-18-32-29(37)24(33-30(25)38)27(36)22-11-9-8-10-12-22/h8-20,24-28,36H,7H2,1-6H3,(H,32,37)(H,33,38)(H,34,39)/b18-17-/t20-,24+,25+,26-,27+,28-/m0/s1. The summed E-state index contributed by atoms with van der Waals surface area (Å²) in [4.78, 5) is 42.8. The third kappa shape index (κ3) is 7.70. The Bertz CT molecular complexity index is 1170. The zero-order chi connectivity index (χ0) is 29.4. The Kier molecular flexibility index (Phi) is 10.9. The topological polar surface area (TPSA) is 120 Å². The molecule has 216 valence electrons. The molecule has 0 spiro atoms. The van der Waals surface area contributed by atoms with Gasteiger partial charge in [0.25, 0.3) is 0 Å². The molecule has 2 bridgehead atoms. The van der Waals surface area contributed by atoms with E-state index in [0.717, 1.165) is 12.0 Å². The normalized spacial score (nSPS) is 22.9. The Balaban J connectivity index is 2.07. The van der Waals surface area contributed by atoms with Crippen LogP contribution in [0.3, 0.4) is 0 Å². The fourth-order valence-electron chi connectivity index (χ4n) is 4.85. The SMILES string of the molecule is CC[C@H](C)[C@@H](C(=O)N[C@H]1C(=O)N[C@H]([C@H](O)c2ccccc2)C(=O)N/C=C\c2ccc(cc2)O[C@H]1C(C)C)N(C)C. The van der Waals surface area contributed by atoms with Crippen molar-refractivity contribution in [1.82, 2.24) is 20.9 Å². The lowest BCUT2D eigenvalue weighted by atomic mass is 9.94. The van der Waals surface area contributed by atoms with Crippen LogP contribution in [-0.4, -0.2) is 66.1 Å². The van der Waals surface area contributed by atoms with Crippen molar-refractivity contribution in [2.45, 2.75) is 64.4 Å². The first-order chi connectivity index (χ1) is 19.0. The molecule has 4 N–H and O–H groups in total. The predicted octanol–water partition coefficient (Wildman–Crippen LogP) is 2.87. The molecule has 0 unspecified atom stereocenters. The Morgan fingerprint density at radius 1 is 1.02 bits per heavy atom. The van der Waals surface area contributed by atoms with E-state index in [2.05, 4.69) is 16.0 Å². The van der Waals surface area contributed by atoms with Crippen molar-refractivity contribution < 1.29 is 24.2 Å². The Morgan fingerprint density at radius 3 is 2.25 bits per heavy atom. The van der Waals surface area contributed by atoms with E-state index < -0.39 is 42.1 Å². The summed E-state index contributed by atoms with van der Waals surface area (Å²) >= 11 is 0. The molecule has 9 nitrogen and oxygen atoms in total. The first-order valence-corrected chi connectivity index (χ1v) is 13.8. The van der Waals surface area contributed by atoms with Crippen molar-refractivity contribution in [3.05, 3.63) is 71.9 Å². The minimum atomic E-state index is -1.34. The van der Waals surface area contributed by atoms with Gasteiger partial charge in [-0.25, -0.2) is 0 Å². The van der Waals surface area contributed by atoms with Gasteiger partial charge in [0.15, 0.2) is 0 Å². The average molecular weight is 551 g/mol. The van der Waals surface area contributed by atoms with Crippen LogP contribution in [0.5, 0.6) is 5.75 Å². The predicted molar refractivity (Wildman–Crippen MR) is 155 cm³/mol. The molecule has 0 aromatic heterocycles. The summed E-state index contributed by atoms with van der Waals surface area (Å²) in [6, 6.07) is 12.9. The van der Waals surface area contributed by atoms with E-state index in [1.165, 1.54) is 6.20 Å². The molecule has 2 aliphatic rings. The van der Waals surface area contributed by atoms with Crippen LogP contribution in [0.25, 0.3) is 6.08 Å². The maximum Gasteiger partial charge on any atom is 0.249 e. The summed E-state index contributed by atoms with van der Waals surface area (Å²) in [5.74, 6) is -1.20. The van der Waals surface area contributed by atoms with Crippen LogP contribution in [0.15, 0.2) is 60.8 Å². The number of fused-ring (bicyclic) bond motifs is 10. The molecule has 0 radical (unpaired) electrons. The van der Waals surface area contributed by atoms with Crippen LogP contribution in [-0.2, 0) is 14.4 Å². The molecular formula is C31H42N4O5. The van der Waals surface area contributed by atoms with Gasteiger partial charge in [0.05, 0.1) is 6.04 Å². The first kappa shape index (κ1) is 30.8. The Morgan fingerprint density at radius 2 is 1.68 bits per heavy atom. The Hall–Kier alpha value is -3.69. The number of aliphatic hydroxyl groups excluding tert-OH is 1. The highest BCUT2D eigenvalue weighted by molar-refractivity contribution is 5.94. The number of benzene rings is 2. The van der Waals surface area contributed by atoms with Gasteiger partial charge < -0.3 is 25.8 Å². The fourth-order valence-corrected chi connectivity index (χ4v) is 4.85. The Labute approximate surface area is 237 Å². The minimum absolute atomic E-state index is 0.0211. The van der Waals surface area contributed by atoms with Crippen molar-refractivity contribution in [1.29, 1.82) is 0 Å². The summed E-state index contributed by atoms with van der Waals surface area (Å²) in [6.45, 7) is 7.80. The zero-order valence-electron chi connectivity index (χ0n) is 24.1. The lowest BCUT2D eigenvalue weighted by Gasteiger charge is -2.35. The smallest absolute Gasteiger partial charge is 0.249 e. The van der Waals surface area contributed by atoms with Crippen molar-refractivity contribution in [2.75, 3.05) is 14.1 Å². The third-order valence-electron chi connectivity index (χ3n) is 7.26. The van der Waals surface area contributed by atoms with Crippen LogP contribution in [0.4, 0.5) is 0 Å². The number of carbonyl (C=O) groups excluding carboxylic acids is 3. The number of aliphatic hydroxyl groups is 1. The number of nitrogens with zero attached hydrogens (tertiary/aromatic N) is 1. The monoisotopic (exact) mass is 550 g/mol. The van der Waals surface area contributed by atoms with Gasteiger partial charge in [-0.1, -0.05) is 76.6 Å². The second-order valence-electron chi connectivity index (χ2n) is 10.9. The number of amides is 3. The minimum Gasteiger partial charge on any atom is -0.487 e. The van der Waals surface area contributed by atoms with E-state index >= 15 is 0 Å². The van der Waals surface area contributed by atoms with Crippen molar-refractivity contribution >= 4 is 23.8 Å². The lowest BCUT2D eigenvalue weighted by Crippen LogP contribution is -2.62. The van der Waals surface area contributed by atoms with Crippen LogP contribution in [0, 0.1) is 11.8 Å². The molecule has 3 amide bonds. The van der Waals surface area contributed by atoms with Gasteiger partial charge in [-0.15, -0.1) is 0 Å². The van der Waals surface area contributed by atoms with Gasteiger partial charge in [-0.2, -0.15) is 0 Å². The van der Waals surface area contributed by atoms with Gasteiger partial charge in [-0.3, -0.25) is 19.3 Å². The largest absolute Gasteiger partial charge is 0.487 e. The van der Waals surface area contributed by atoms with E-state index in [0.29, 0.717) is 11.3 Å². The quantitative estimate of drug-likeness (QED) is 0.401. The van der Waals surface area contributed by atoms with E-state index in [1.54, 1.807) is 48.5 Å². The summed E-state index contributed by atoms with van der Waals surface area (Å²) in [5.41, 5.74) is 1.28.